The van der Waals surface area contributed by atoms with Crippen LogP contribution in [0.2, 0.25) is 0 Å². The van der Waals surface area contributed by atoms with Gasteiger partial charge in [0.2, 0.25) is 6.79 Å². The van der Waals surface area contributed by atoms with E-state index in [-0.39, 0.29) is 30.8 Å². The SMILES string of the molecule is COc1ccc(CN=C(N)NCCc2ccc3c(c2)OCO3)cc1OC.I. The van der Waals surface area contributed by atoms with Crippen LogP contribution in [0, 0.1) is 0 Å². The van der Waals surface area contributed by atoms with E-state index in [4.69, 9.17) is 24.7 Å². The Labute approximate surface area is 175 Å². The molecule has 3 N–H and O–H groups in total. The third-order valence-electron chi connectivity index (χ3n) is 4.04. The highest BCUT2D eigenvalue weighted by Crippen LogP contribution is 2.32. The number of methoxy groups -OCH3 is 2. The quantitative estimate of drug-likeness (QED) is 0.357. The predicted molar refractivity (Wildman–Crippen MR) is 115 cm³/mol. The molecule has 1 aliphatic rings. The fraction of sp³-hybridized carbons (Fsp3) is 0.316. The van der Waals surface area contributed by atoms with E-state index in [2.05, 4.69) is 10.3 Å². The van der Waals surface area contributed by atoms with E-state index in [0.717, 1.165) is 29.0 Å². The summed E-state index contributed by atoms with van der Waals surface area (Å²) < 4.78 is 21.2. The summed E-state index contributed by atoms with van der Waals surface area (Å²) >= 11 is 0. The first-order valence-corrected chi connectivity index (χ1v) is 8.33. The molecule has 0 spiro atoms. The van der Waals surface area contributed by atoms with Gasteiger partial charge in [-0.05, 0) is 41.8 Å². The summed E-state index contributed by atoms with van der Waals surface area (Å²) in [7, 11) is 3.22. The molecule has 0 atom stereocenters. The number of halogens is 1. The molecule has 146 valence electrons. The van der Waals surface area contributed by atoms with Crippen molar-refractivity contribution in [3.05, 3.63) is 47.5 Å². The van der Waals surface area contributed by atoms with Gasteiger partial charge in [-0.1, -0.05) is 12.1 Å². The molecule has 27 heavy (non-hydrogen) atoms. The largest absolute Gasteiger partial charge is 0.493 e. The smallest absolute Gasteiger partial charge is 0.231 e. The molecule has 2 aromatic carbocycles. The highest BCUT2D eigenvalue weighted by molar-refractivity contribution is 14.0. The average molecular weight is 485 g/mol. The molecule has 0 bridgehead atoms. The van der Waals surface area contributed by atoms with Crippen molar-refractivity contribution in [2.75, 3.05) is 27.6 Å². The Kier molecular flexibility index (Phi) is 7.83. The fourth-order valence-corrected chi connectivity index (χ4v) is 2.64. The van der Waals surface area contributed by atoms with Crippen LogP contribution in [-0.2, 0) is 13.0 Å². The van der Waals surface area contributed by atoms with Gasteiger partial charge in [-0.15, -0.1) is 24.0 Å². The summed E-state index contributed by atoms with van der Waals surface area (Å²) in [4.78, 5) is 4.36. The third kappa shape index (κ3) is 5.56. The minimum atomic E-state index is 0. The Morgan fingerprint density at radius 1 is 1.04 bits per heavy atom. The Hall–Kier alpha value is -2.36. The summed E-state index contributed by atoms with van der Waals surface area (Å²) in [5, 5.41) is 3.12. The van der Waals surface area contributed by atoms with Crippen molar-refractivity contribution in [3.8, 4) is 23.0 Å². The van der Waals surface area contributed by atoms with E-state index in [1.807, 2.05) is 36.4 Å². The highest BCUT2D eigenvalue weighted by atomic mass is 127. The van der Waals surface area contributed by atoms with Crippen LogP contribution in [0.1, 0.15) is 11.1 Å². The van der Waals surface area contributed by atoms with Crippen LogP contribution in [0.25, 0.3) is 0 Å². The van der Waals surface area contributed by atoms with Gasteiger partial charge >= 0.3 is 0 Å². The molecule has 2 aromatic rings. The molecule has 0 saturated heterocycles. The molecule has 0 amide bonds. The molecule has 7 nitrogen and oxygen atoms in total. The van der Waals surface area contributed by atoms with Gasteiger partial charge in [0.1, 0.15) is 0 Å². The number of nitrogens with one attached hydrogen (secondary N) is 1. The standard InChI is InChI=1S/C19H23N3O4.HI/c1-23-15-5-4-14(10-17(15)24-2)11-22-19(20)21-8-7-13-3-6-16-18(9-13)26-12-25-16;/h3-6,9-10H,7-8,11-12H2,1-2H3,(H3,20,21,22);1H. The zero-order chi connectivity index (χ0) is 18.4. The molecule has 0 unspecified atom stereocenters. The van der Waals surface area contributed by atoms with Gasteiger partial charge in [-0.25, -0.2) is 4.99 Å². The van der Waals surface area contributed by atoms with E-state index in [1.165, 1.54) is 0 Å². The molecular weight excluding hydrogens is 461 g/mol. The van der Waals surface area contributed by atoms with Crippen molar-refractivity contribution in [2.45, 2.75) is 13.0 Å². The molecule has 3 rings (SSSR count). The van der Waals surface area contributed by atoms with Crippen molar-refractivity contribution in [3.63, 3.8) is 0 Å². The maximum atomic E-state index is 5.94. The number of nitrogens with two attached hydrogens (primary N) is 1. The number of nitrogens with zero attached hydrogens (tertiary/aromatic N) is 1. The summed E-state index contributed by atoms with van der Waals surface area (Å²) in [6.45, 7) is 1.43. The molecule has 0 radical (unpaired) electrons. The Morgan fingerprint density at radius 2 is 1.78 bits per heavy atom. The minimum absolute atomic E-state index is 0. The van der Waals surface area contributed by atoms with Gasteiger partial charge in [-0.3, -0.25) is 0 Å². The summed E-state index contributed by atoms with van der Waals surface area (Å²) in [6, 6.07) is 11.6. The van der Waals surface area contributed by atoms with E-state index < -0.39 is 0 Å². The number of rotatable bonds is 7. The first-order valence-electron chi connectivity index (χ1n) is 8.33. The number of ether oxygens (including phenoxy) is 4. The molecule has 0 aromatic heterocycles. The second-order valence-electron chi connectivity index (χ2n) is 5.76. The van der Waals surface area contributed by atoms with Crippen LogP contribution < -0.4 is 30.0 Å². The van der Waals surface area contributed by atoms with Crippen molar-refractivity contribution < 1.29 is 18.9 Å². The van der Waals surface area contributed by atoms with Gasteiger partial charge in [0.05, 0.1) is 20.8 Å². The third-order valence-corrected chi connectivity index (χ3v) is 4.04. The topological polar surface area (TPSA) is 87.3 Å². The van der Waals surface area contributed by atoms with Crippen molar-refractivity contribution in [2.24, 2.45) is 10.7 Å². The summed E-state index contributed by atoms with van der Waals surface area (Å²) in [5.41, 5.74) is 8.08. The second-order valence-corrected chi connectivity index (χ2v) is 5.76. The van der Waals surface area contributed by atoms with Gasteiger partial charge < -0.3 is 30.0 Å². The number of aliphatic imine (C=N–C) groups is 1. The fourth-order valence-electron chi connectivity index (χ4n) is 2.64. The summed E-state index contributed by atoms with van der Waals surface area (Å²) in [6.07, 6.45) is 0.809. The zero-order valence-electron chi connectivity index (χ0n) is 15.4. The molecule has 8 heteroatoms. The normalized spacial score (nSPS) is 12.3. The van der Waals surface area contributed by atoms with Crippen LogP contribution >= 0.6 is 24.0 Å². The number of hydrogen-bond acceptors (Lipinski definition) is 5. The predicted octanol–water partition coefficient (Wildman–Crippen LogP) is 2.70. The van der Waals surface area contributed by atoms with Crippen LogP contribution in [0.15, 0.2) is 41.4 Å². The second kappa shape index (κ2) is 10.1. The molecule has 0 fully saturated rings. The molecule has 1 heterocycles. The zero-order valence-corrected chi connectivity index (χ0v) is 17.7. The van der Waals surface area contributed by atoms with Gasteiger partial charge in [-0.2, -0.15) is 0 Å². The van der Waals surface area contributed by atoms with Crippen LogP contribution in [-0.4, -0.2) is 33.5 Å². The Bertz CT molecular complexity index is 799. The Balaban J connectivity index is 0.00000261. The lowest BCUT2D eigenvalue weighted by Gasteiger charge is -2.09. The summed E-state index contributed by atoms with van der Waals surface area (Å²) in [5.74, 6) is 3.35. The van der Waals surface area contributed by atoms with Crippen molar-refractivity contribution >= 4 is 29.9 Å². The molecule has 0 saturated carbocycles. The van der Waals surface area contributed by atoms with E-state index in [9.17, 15) is 0 Å². The van der Waals surface area contributed by atoms with Crippen LogP contribution in [0.5, 0.6) is 23.0 Å². The van der Waals surface area contributed by atoms with Gasteiger partial charge in [0.25, 0.3) is 0 Å². The van der Waals surface area contributed by atoms with Crippen molar-refractivity contribution in [1.82, 2.24) is 5.32 Å². The lowest BCUT2D eigenvalue weighted by Crippen LogP contribution is -2.33. The average Bonchev–Trinajstić information content (AvgIpc) is 3.14. The van der Waals surface area contributed by atoms with Crippen molar-refractivity contribution in [1.29, 1.82) is 0 Å². The van der Waals surface area contributed by atoms with E-state index >= 15 is 0 Å². The first kappa shape index (κ1) is 20.9. The monoisotopic (exact) mass is 485 g/mol. The number of hydrogen-bond donors (Lipinski definition) is 2. The van der Waals surface area contributed by atoms with E-state index in [0.29, 0.717) is 30.5 Å². The van der Waals surface area contributed by atoms with Crippen LogP contribution in [0.4, 0.5) is 0 Å². The van der Waals surface area contributed by atoms with E-state index in [1.54, 1.807) is 14.2 Å². The highest BCUT2D eigenvalue weighted by Gasteiger charge is 2.12. The lowest BCUT2D eigenvalue weighted by atomic mass is 10.1. The maximum absolute atomic E-state index is 5.94. The Morgan fingerprint density at radius 3 is 2.56 bits per heavy atom. The molecule has 0 aliphatic carbocycles. The number of fused-ring (bicyclic) bond motifs is 1. The number of benzene rings is 2. The van der Waals surface area contributed by atoms with Gasteiger partial charge in [0, 0.05) is 6.54 Å². The maximum Gasteiger partial charge on any atom is 0.231 e. The number of guanidine groups is 1. The lowest BCUT2D eigenvalue weighted by molar-refractivity contribution is 0.174. The van der Waals surface area contributed by atoms with Gasteiger partial charge in [0.15, 0.2) is 29.0 Å². The minimum Gasteiger partial charge on any atom is -0.493 e. The first-order chi connectivity index (χ1) is 12.7. The molecule has 1 aliphatic heterocycles. The molecular formula is C19H24IN3O4. The van der Waals surface area contributed by atoms with Crippen LogP contribution in [0.3, 0.4) is 0 Å².